The zero-order valence-corrected chi connectivity index (χ0v) is 15.4. The molecule has 0 bridgehead atoms. The van der Waals surface area contributed by atoms with Crippen molar-refractivity contribution in [1.29, 1.82) is 0 Å². The van der Waals surface area contributed by atoms with Gasteiger partial charge in [-0.1, -0.05) is 5.16 Å². The van der Waals surface area contributed by atoms with E-state index < -0.39 is 26.6 Å². The van der Waals surface area contributed by atoms with Crippen LogP contribution in [-0.4, -0.2) is 24.4 Å². The van der Waals surface area contributed by atoms with Crippen LogP contribution in [0.1, 0.15) is 5.56 Å². The Morgan fingerprint density at radius 1 is 1.10 bits per heavy atom. The number of amidine groups is 1. The van der Waals surface area contributed by atoms with Crippen LogP contribution in [0.3, 0.4) is 0 Å². The number of rotatable bonds is 6. The maximum Gasteiger partial charge on any atom is 0.262 e. The number of halogens is 2. The van der Waals surface area contributed by atoms with Crippen molar-refractivity contribution in [1.82, 2.24) is 4.98 Å². The Morgan fingerprint density at radius 2 is 1.76 bits per heavy atom. The largest absolute Gasteiger partial charge is 0.437 e. The minimum absolute atomic E-state index is 0.0438. The minimum Gasteiger partial charge on any atom is -0.437 e. The van der Waals surface area contributed by atoms with Crippen molar-refractivity contribution >= 4 is 21.5 Å². The summed E-state index contributed by atoms with van der Waals surface area (Å²) in [5.41, 5.74) is 5.88. The summed E-state index contributed by atoms with van der Waals surface area (Å²) >= 11 is 0. The highest BCUT2D eigenvalue weighted by molar-refractivity contribution is 7.92. The molecule has 0 aliphatic carbocycles. The lowest BCUT2D eigenvalue weighted by atomic mass is 10.2. The number of hydrogen-bond donors (Lipinski definition) is 3. The summed E-state index contributed by atoms with van der Waals surface area (Å²) in [6.45, 7) is 0. The van der Waals surface area contributed by atoms with Crippen LogP contribution in [-0.2, 0) is 10.0 Å². The molecule has 2 aromatic carbocycles. The molecule has 0 aliphatic heterocycles. The molecule has 4 N–H and O–H groups in total. The SMILES string of the molecule is N/C(=N\O)c1ccc(Oc2ncccc2NS(=O)(=O)c2cc(F)cc(F)c2)cc1. The van der Waals surface area contributed by atoms with Gasteiger partial charge in [0.25, 0.3) is 10.0 Å². The molecule has 8 nitrogen and oxygen atoms in total. The van der Waals surface area contributed by atoms with Gasteiger partial charge in [0.2, 0.25) is 5.88 Å². The lowest BCUT2D eigenvalue weighted by molar-refractivity contribution is 0.318. The number of sulfonamides is 1. The Balaban J connectivity index is 1.87. The molecule has 0 amide bonds. The average molecular weight is 420 g/mol. The third-order valence-electron chi connectivity index (χ3n) is 3.63. The van der Waals surface area contributed by atoms with E-state index in [0.717, 1.165) is 0 Å². The summed E-state index contributed by atoms with van der Waals surface area (Å²) in [6.07, 6.45) is 1.37. The third-order valence-corrected chi connectivity index (χ3v) is 4.98. The van der Waals surface area contributed by atoms with Gasteiger partial charge in [0, 0.05) is 17.8 Å². The summed E-state index contributed by atoms with van der Waals surface area (Å²) in [4.78, 5) is 3.39. The predicted octanol–water partition coefficient (Wildman–Crippen LogP) is 3.05. The smallest absolute Gasteiger partial charge is 0.262 e. The van der Waals surface area contributed by atoms with Gasteiger partial charge in [-0.25, -0.2) is 22.2 Å². The van der Waals surface area contributed by atoms with E-state index in [1.54, 1.807) is 0 Å². The quantitative estimate of drug-likeness (QED) is 0.243. The van der Waals surface area contributed by atoms with Gasteiger partial charge in [-0.05, 0) is 48.5 Å². The van der Waals surface area contributed by atoms with E-state index in [-0.39, 0.29) is 23.2 Å². The number of hydrogen-bond acceptors (Lipinski definition) is 6. The predicted molar refractivity (Wildman–Crippen MR) is 100 cm³/mol. The second-order valence-electron chi connectivity index (χ2n) is 5.68. The van der Waals surface area contributed by atoms with Crippen LogP contribution in [0.2, 0.25) is 0 Å². The fourth-order valence-electron chi connectivity index (χ4n) is 2.30. The number of benzene rings is 2. The molecule has 29 heavy (non-hydrogen) atoms. The molecule has 0 atom stereocenters. The number of oxime groups is 1. The zero-order valence-electron chi connectivity index (χ0n) is 14.6. The van der Waals surface area contributed by atoms with Gasteiger partial charge in [-0.15, -0.1) is 0 Å². The van der Waals surface area contributed by atoms with Gasteiger partial charge < -0.3 is 15.7 Å². The topological polar surface area (TPSA) is 127 Å². The number of anilines is 1. The van der Waals surface area contributed by atoms with E-state index in [2.05, 4.69) is 14.9 Å². The number of nitrogens with two attached hydrogens (primary N) is 1. The Hall–Kier alpha value is -3.73. The van der Waals surface area contributed by atoms with Crippen LogP contribution < -0.4 is 15.2 Å². The monoisotopic (exact) mass is 420 g/mol. The summed E-state index contributed by atoms with van der Waals surface area (Å²) in [5.74, 6) is -1.96. The number of nitrogens with zero attached hydrogens (tertiary/aromatic N) is 2. The molecule has 0 radical (unpaired) electrons. The molecule has 0 saturated carbocycles. The van der Waals surface area contributed by atoms with Crippen LogP contribution in [0.25, 0.3) is 0 Å². The minimum atomic E-state index is -4.30. The summed E-state index contributed by atoms with van der Waals surface area (Å²) in [6, 6.07) is 10.8. The molecule has 0 aliphatic rings. The molecule has 1 heterocycles. The van der Waals surface area contributed by atoms with Gasteiger partial charge in [-0.3, -0.25) is 4.72 Å². The molecule has 1 aromatic heterocycles. The number of pyridine rings is 1. The Bertz CT molecular complexity index is 1150. The van der Waals surface area contributed by atoms with Crippen molar-refractivity contribution in [3.63, 3.8) is 0 Å². The fraction of sp³-hybridized carbons (Fsp3) is 0. The highest BCUT2D eigenvalue weighted by atomic mass is 32.2. The van der Waals surface area contributed by atoms with E-state index in [4.69, 9.17) is 15.7 Å². The number of nitrogens with one attached hydrogen (secondary N) is 1. The van der Waals surface area contributed by atoms with Crippen LogP contribution in [0.5, 0.6) is 11.6 Å². The van der Waals surface area contributed by atoms with Crippen molar-refractivity contribution in [2.75, 3.05) is 4.72 Å². The van der Waals surface area contributed by atoms with Crippen molar-refractivity contribution < 1.29 is 27.1 Å². The third kappa shape index (κ3) is 4.76. The second kappa shape index (κ2) is 8.10. The van der Waals surface area contributed by atoms with Gasteiger partial charge >= 0.3 is 0 Å². The fourth-order valence-corrected chi connectivity index (χ4v) is 3.40. The molecule has 0 unspecified atom stereocenters. The molecule has 0 fully saturated rings. The second-order valence-corrected chi connectivity index (χ2v) is 7.36. The number of ether oxygens (including phenoxy) is 1. The van der Waals surface area contributed by atoms with E-state index >= 15 is 0 Å². The Labute approximate surface area is 164 Å². The van der Waals surface area contributed by atoms with E-state index in [9.17, 15) is 17.2 Å². The normalized spacial score (nSPS) is 11.9. The first-order valence-corrected chi connectivity index (χ1v) is 9.46. The van der Waals surface area contributed by atoms with E-state index in [1.165, 1.54) is 42.6 Å². The molecular formula is C18H14F2N4O4S. The Kier molecular flexibility index (Phi) is 5.59. The number of aromatic nitrogens is 1. The molecule has 3 aromatic rings. The maximum absolute atomic E-state index is 13.4. The van der Waals surface area contributed by atoms with Crippen LogP contribution in [0, 0.1) is 11.6 Å². The van der Waals surface area contributed by atoms with Crippen LogP contribution >= 0.6 is 0 Å². The first kappa shape index (κ1) is 20.0. The first-order valence-electron chi connectivity index (χ1n) is 7.98. The van der Waals surface area contributed by atoms with Crippen LogP contribution in [0.4, 0.5) is 14.5 Å². The zero-order chi connectivity index (χ0) is 21.0. The van der Waals surface area contributed by atoms with Gasteiger partial charge in [0.05, 0.1) is 4.90 Å². The van der Waals surface area contributed by atoms with Crippen molar-refractivity contribution in [3.05, 3.63) is 78.0 Å². The van der Waals surface area contributed by atoms with Gasteiger partial charge in [0.1, 0.15) is 23.1 Å². The molecule has 150 valence electrons. The van der Waals surface area contributed by atoms with Gasteiger partial charge in [-0.2, -0.15) is 0 Å². The molecule has 3 rings (SSSR count). The lowest BCUT2D eigenvalue weighted by Gasteiger charge is -2.13. The highest BCUT2D eigenvalue weighted by Crippen LogP contribution is 2.29. The van der Waals surface area contributed by atoms with Gasteiger partial charge in [0.15, 0.2) is 5.84 Å². The van der Waals surface area contributed by atoms with Crippen molar-refractivity contribution in [2.24, 2.45) is 10.9 Å². The van der Waals surface area contributed by atoms with Crippen molar-refractivity contribution in [3.8, 4) is 11.6 Å². The Morgan fingerprint density at radius 3 is 2.38 bits per heavy atom. The summed E-state index contributed by atoms with van der Waals surface area (Å²) in [5, 5.41) is 11.6. The standard InChI is InChI=1S/C18H14F2N4O4S/c19-12-8-13(20)10-15(9-12)29(26,27)24-16-2-1-7-22-18(16)28-14-5-3-11(4-6-14)17(21)23-25/h1-10,24-25H,(H2,21,23). The molecule has 0 saturated heterocycles. The van der Waals surface area contributed by atoms with E-state index in [0.29, 0.717) is 23.8 Å². The van der Waals surface area contributed by atoms with E-state index in [1.807, 2.05) is 0 Å². The summed E-state index contributed by atoms with van der Waals surface area (Å²) in [7, 11) is -4.30. The molecule has 0 spiro atoms. The lowest BCUT2D eigenvalue weighted by Crippen LogP contribution is -2.14. The van der Waals surface area contributed by atoms with Crippen LogP contribution in [0.15, 0.2) is 70.8 Å². The maximum atomic E-state index is 13.4. The highest BCUT2D eigenvalue weighted by Gasteiger charge is 2.19. The first-order chi connectivity index (χ1) is 13.8. The average Bonchev–Trinajstić information content (AvgIpc) is 2.68. The van der Waals surface area contributed by atoms with Crippen molar-refractivity contribution in [2.45, 2.75) is 4.90 Å². The summed E-state index contributed by atoms with van der Waals surface area (Å²) < 4.78 is 59.5. The molecule has 11 heteroatoms. The molecular weight excluding hydrogens is 406 g/mol.